The summed E-state index contributed by atoms with van der Waals surface area (Å²) < 4.78 is 0. The molecular weight excluding hydrogens is 280 g/mol. The largest absolute Gasteiger partial charge is 0.478 e. The molecule has 1 amide bonds. The van der Waals surface area contributed by atoms with Gasteiger partial charge in [0, 0.05) is 11.1 Å². The Hall–Kier alpha value is -1.65. The lowest BCUT2D eigenvalue weighted by Crippen LogP contribution is -2.41. The standard InChI is InChI=1S/C17H28N2O3/c1-7-8-9-12(15(20)21)13(10(2)3)14-18-16(22)17(6,19-14)11(4)5/h10-11H,7-9H2,1-6H3,(H,20,21)(H,18,19,22)/b13-12-. The molecule has 0 aromatic heterocycles. The minimum absolute atomic E-state index is 0.0171. The maximum absolute atomic E-state index is 12.3. The number of amides is 1. The van der Waals surface area contributed by atoms with Gasteiger partial charge < -0.3 is 10.4 Å². The Morgan fingerprint density at radius 1 is 1.32 bits per heavy atom. The molecule has 1 atom stereocenters. The van der Waals surface area contributed by atoms with Crippen LogP contribution in [0.5, 0.6) is 0 Å². The average Bonchev–Trinajstić information content (AvgIpc) is 2.70. The highest BCUT2D eigenvalue weighted by Gasteiger charge is 2.43. The van der Waals surface area contributed by atoms with Crippen molar-refractivity contribution < 1.29 is 14.7 Å². The molecule has 1 aliphatic rings. The number of hydrogen-bond acceptors (Lipinski definition) is 3. The highest BCUT2D eigenvalue weighted by Crippen LogP contribution is 2.30. The Bertz CT molecular complexity index is 518. The molecule has 124 valence electrons. The highest BCUT2D eigenvalue weighted by atomic mass is 16.4. The van der Waals surface area contributed by atoms with Crippen molar-refractivity contribution >= 4 is 17.7 Å². The van der Waals surface area contributed by atoms with Gasteiger partial charge >= 0.3 is 5.97 Å². The SMILES string of the molecule is CCCC/C(C(=O)O)=C(/C1=NC(C)(C(C)C)C(=O)N1)C(C)C. The summed E-state index contributed by atoms with van der Waals surface area (Å²) in [5, 5.41) is 12.4. The molecule has 0 aliphatic carbocycles. The van der Waals surface area contributed by atoms with Gasteiger partial charge in [0.05, 0.1) is 0 Å². The maximum Gasteiger partial charge on any atom is 0.331 e. The van der Waals surface area contributed by atoms with Crippen LogP contribution < -0.4 is 5.32 Å². The van der Waals surface area contributed by atoms with E-state index < -0.39 is 11.5 Å². The first-order valence-corrected chi connectivity index (χ1v) is 8.03. The molecule has 1 aliphatic heterocycles. The van der Waals surface area contributed by atoms with E-state index in [0.29, 0.717) is 23.4 Å². The number of nitrogens with zero attached hydrogens (tertiary/aromatic N) is 1. The number of amidine groups is 1. The highest BCUT2D eigenvalue weighted by molar-refractivity contribution is 6.17. The summed E-state index contributed by atoms with van der Waals surface area (Å²) in [7, 11) is 0. The normalized spacial score (nSPS) is 22.7. The van der Waals surface area contributed by atoms with Crippen LogP contribution in [0.15, 0.2) is 16.1 Å². The number of aliphatic imine (C=N–C) groups is 1. The third-order valence-electron chi connectivity index (χ3n) is 4.36. The summed E-state index contributed by atoms with van der Waals surface area (Å²) in [6.07, 6.45) is 2.22. The topological polar surface area (TPSA) is 78.8 Å². The first-order valence-electron chi connectivity index (χ1n) is 8.03. The quantitative estimate of drug-likeness (QED) is 0.709. The van der Waals surface area contributed by atoms with Crippen LogP contribution in [-0.4, -0.2) is 28.4 Å². The minimum atomic E-state index is -0.924. The Balaban J connectivity index is 3.37. The molecule has 0 fully saturated rings. The van der Waals surface area contributed by atoms with E-state index in [0.717, 1.165) is 12.8 Å². The Morgan fingerprint density at radius 2 is 1.91 bits per heavy atom. The molecule has 0 spiro atoms. The smallest absolute Gasteiger partial charge is 0.331 e. The summed E-state index contributed by atoms with van der Waals surface area (Å²) in [4.78, 5) is 28.5. The summed E-state index contributed by atoms with van der Waals surface area (Å²) in [6, 6.07) is 0. The zero-order valence-corrected chi connectivity index (χ0v) is 14.5. The molecule has 2 N–H and O–H groups in total. The van der Waals surface area contributed by atoms with E-state index in [1.165, 1.54) is 0 Å². The van der Waals surface area contributed by atoms with Crippen LogP contribution in [0.2, 0.25) is 0 Å². The van der Waals surface area contributed by atoms with E-state index in [1.54, 1.807) is 6.92 Å². The van der Waals surface area contributed by atoms with Crippen LogP contribution in [0, 0.1) is 11.8 Å². The van der Waals surface area contributed by atoms with E-state index >= 15 is 0 Å². The predicted octanol–water partition coefficient (Wildman–Crippen LogP) is 3.16. The second-order valence-corrected chi connectivity index (χ2v) is 6.67. The summed E-state index contributed by atoms with van der Waals surface area (Å²) in [6.45, 7) is 11.6. The molecule has 22 heavy (non-hydrogen) atoms. The van der Waals surface area contributed by atoms with Gasteiger partial charge in [-0.3, -0.25) is 9.79 Å². The maximum atomic E-state index is 12.3. The Morgan fingerprint density at radius 3 is 2.27 bits per heavy atom. The molecular formula is C17H28N2O3. The van der Waals surface area contributed by atoms with Crippen LogP contribution >= 0.6 is 0 Å². The molecule has 5 heteroatoms. The van der Waals surface area contributed by atoms with E-state index in [4.69, 9.17) is 0 Å². The van der Waals surface area contributed by atoms with Gasteiger partial charge in [0.25, 0.3) is 5.91 Å². The molecule has 0 bridgehead atoms. The van der Waals surface area contributed by atoms with Crippen molar-refractivity contribution in [2.24, 2.45) is 16.8 Å². The number of rotatable bonds is 7. The summed E-state index contributed by atoms with van der Waals surface area (Å²) in [5.74, 6) is -0.619. The molecule has 0 radical (unpaired) electrons. The summed E-state index contributed by atoms with van der Waals surface area (Å²) >= 11 is 0. The van der Waals surface area contributed by atoms with Crippen molar-refractivity contribution in [3.63, 3.8) is 0 Å². The van der Waals surface area contributed by atoms with Crippen molar-refractivity contribution in [1.82, 2.24) is 5.32 Å². The number of carboxylic acid groups (broad SMARTS) is 1. The van der Waals surface area contributed by atoms with Crippen molar-refractivity contribution in [3.05, 3.63) is 11.1 Å². The van der Waals surface area contributed by atoms with Crippen molar-refractivity contribution in [2.75, 3.05) is 0 Å². The molecule has 1 unspecified atom stereocenters. The first-order chi connectivity index (χ1) is 10.1. The second-order valence-electron chi connectivity index (χ2n) is 6.67. The number of carbonyl (C=O) groups is 2. The van der Waals surface area contributed by atoms with Gasteiger partial charge in [-0.1, -0.05) is 41.0 Å². The average molecular weight is 308 g/mol. The van der Waals surface area contributed by atoms with Gasteiger partial charge in [-0.2, -0.15) is 0 Å². The van der Waals surface area contributed by atoms with Crippen LogP contribution in [0.25, 0.3) is 0 Å². The number of aliphatic carboxylic acids is 1. The van der Waals surface area contributed by atoms with E-state index in [-0.39, 0.29) is 17.7 Å². The van der Waals surface area contributed by atoms with Crippen LogP contribution in [0.1, 0.15) is 60.8 Å². The molecule has 1 rings (SSSR count). The molecule has 0 saturated heterocycles. The van der Waals surface area contributed by atoms with E-state index in [2.05, 4.69) is 10.3 Å². The van der Waals surface area contributed by atoms with Crippen molar-refractivity contribution in [1.29, 1.82) is 0 Å². The number of carbonyl (C=O) groups excluding carboxylic acids is 1. The third-order valence-corrected chi connectivity index (χ3v) is 4.36. The molecule has 0 saturated carbocycles. The molecule has 0 aromatic carbocycles. The Kier molecular flexibility index (Phi) is 5.92. The predicted molar refractivity (Wildman–Crippen MR) is 87.8 cm³/mol. The Labute approximate surface area is 132 Å². The van der Waals surface area contributed by atoms with Crippen LogP contribution in [0.4, 0.5) is 0 Å². The fraction of sp³-hybridized carbons (Fsp3) is 0.706. The lowest BCUT2D eigenvalue weighted by Gasteiger charge is -2.21. The van der Waals surface area contributed by atoms with Gasteiger partial charge in [-0.25, -0.2) is 4.79 Å². The lowest BCUT2D eigenvalue weighted by molar-refractivity contribution is -0.133. The van der Waals surface area contributed by atoms with Crippen molar-refractivity contribution in [3.8, 4) is 0 Å². The van der Waals surface area contributed by atoms with Gasteiger partial charge in [-0.15, -0.1) is 0 Å². The molecule has 1 heterocycles. The van der Waals surface area contributed by atoms with Crippen LogP contribution in [0.3, 0.4) is 0 Å². The van der Waals surface area contributed by atoms with Gasteiger partial charge in [-0.05, 0) is 31.6 Å². The van der Waals surface area contributed by atoms with E-state index in [9.17, 15) is 14.7 Å². The number of hydrogen-bond donors (Lipinski definition) is 2. The van der Waals surface area contributed by atoms with Gasteiger partial charge in [0.2, 0.25) is 0 Å². The fourth-order valence-electron chi connectivity index (χ4n) is 2.54. The minimum Gasteiger partial charge on any atom is -0.478 e. The van der Waals surface area contributed by atoms with Gasteiger partial charge in [0.15, 0.2) is 0 Å². The number of carboxylic acids is 1. The lowest BCUT2D eigenvalue weighted by atomic mass is 9.89. The monoisotopic (exact) mass is 308 g/mol. The summed E-state index contributed by atoms with van der Waals surface area (Å²) in [5.41, 5.74) is 0.187. The number of unbranched alkanes of at least 4 members (excludes halogenated alkanes) is 1. The zero-order valence-electron chi connectivity index (χ0n) is 14.5. The first kappa shape index (κ1) is 18.4. The van der Waals surface area contributed by atoms with Crippen molar-refractivity contribution in [2.45, 2.75) is 66.3 Å². The van der Waals surface area contributed by atoms with Crippen LogP contribution in [-0.2, 0) is 9.59 Å². The fourth-order valence-corrected chi connectivity index (χ4v) is 2.54. The second kappa shape index (κ2) is 7.07. The third kappa shape index (κ3) is 3.57. The van der Waals surface area contributed by atoms with E-state index in [1.807, 2.05) is 34.6 Å². The van der Waals surface area contributed by atoms with Gasteiger partial charge in [0.1, 0.15) is 11.4 Å². The molecule has 5 nitrogen and oxygen atoms in total. The molecule has 0 aromatic rings. The zero-order chi connectivity index (χ0) is 17.1. The number of nitrogens with one attached hydrogen (secondary N) is 1.